The van der Waals surface area contributed by atoms with Crippen molar-refractivity contribution in [3.8, 4) is 0 Å². The van der Waals surface area contributed by atoms with Crippen LogP contribution in [0.2, 0.25) is 0 Å². The third-order valence-corrected chi connectivity index (χ3v) is 4.00. The molecule has 1 aliphatic carbocycles. The molecule has 0 bridgehead atoms. The van der Waals surface area contributed by atoms with Gasteiger partial charge in [0.05, 0.1) is 6.54 Å². The van der Waals surface area contributed by atoms with Crippen LogP contribution in [0.4, 0.5) is 5.69 Å². The van der Waals surface area contributed by atoms with Crippen LogP contribution in [0.3, 0.4) is 0 Å². The molecule has 1 aliphatic rings. The number of hydrogen-bond donors (Lipinski definition) is 3. The van der Waals surface area contributed by atoms with Crippen molar-refractivity contribution >= 4 is 23.8 Å². The standard InChI is InChI=1S/C16H22N4O2/c17-16(18)19-9-11-3-7-14(8-4-11)20-15(22)13-5-1-12(10-21)2-6-13/h3-4,7-8,10,12-13H,1-2,5-6,9H2,(H,20,22)(H4,17,18,19). The minimum Gasteiger partial charge on any atom is -0.370 e. The lowest BCUT2D eigenvalue weighted by Crippen LogP contribution is -2.27. The van der Waals surface area contributed by atoms with E-state index in [1.165, 1.54) is 0 Å². The first-order valence-corrected chi connectivity index (χ1v) is 7.49. The van der Waals surface area contributed by atoms with Crippen molar-refractivity contribution in [1.29, 1.82) is 0 Å². The lowest BCUT2D eigenvalue weighted by atomic mass is 9.82. The number of nitrogens with one attached hydrogen (secondary N) is 1. The minimum atomic E-state index is -0.00230. The van der Waals surface area contributed by atoms with E-state index in [0.29, 0.717) is 6.54 Å². The summed E-state index contributed by atoms with van der Waals surface area (Å²) in [4.78, 5) is 26.9. The number of anilines is 1. The maximum atomic E-state index is 12.2. The molecule has 1 saturated carbocycles. The summed E-state index contributed by atoms with van der Waals surface area (Å²) in [6.45, 7) is 0.423. The zero-order chi connectivity index (χ0) is 15.9. The number of aliphatic imine (C=N–C) groups is 1. The third kappa shape index (κ3) is 4.58. The van der Waals surface area contributed by atoms with Gasteiger partial charge < -0.3 is 21.6 Å². The Kier molecular flexibility index (Phi) is 5.52. The van der Waals surface area contributed by atoms with Crippen LogP contribution < -0.4 is 16.8 Å². The molecule has 2 rings (SSSR count). The van der Waals surface area contributed by atoms with Crippen molar-refractivity contribution in [3.05, 3.63) is 29.8 Å². The molecular formula is C16H22N4O2. The molecule has 22 heavy (non-hydrogen) atoms. The fourth-order valence-corrected chi connectivity index (χ4v) is 2.64. The molecule has 5 N–H and O–H groups in total. The Balaban J connectivity index is 1.86. The first-order chi connectivity index (χ1) is 10.6. The normalized spacial score (nSPS) is 20.9. The SMILES string of the molecule is NC(N)=NCc1ccc(NC(=O)C2CCC(C=O)CC2)cc1. The van der Waals surface area contributed by atoms with Gasteiger partial charge in [-0.05, 0) is 43.4 Å². The topological polar surface area (TPSA) is 111 Å². The molecule has 0 spiro atoms. The van der Waals surface area contributed by atoms with Crippen molar-refractivity contribution in [2.24, 2.45) is 28.3 Å². The zero-order valence-electron chi connectivity index (χ0n) is 12.5. The molecule has 6 nitrogen and oxygen atoms in total. The average Bonchev–Trinajstić information content (AvgIpc) is 2.54. The van der Waals surface area contributed by atoms with E-state index in [1.54, 1.807) is 0 Å². The highest BCUT2D eigenvalue weighted by atomic mass is 16.1. The van der Waals surface area contributed by atoms with Gasteiger partial charge in [0.2, 0.25) is 5.91 Å². The summed E-state index contributed by atoms with van der Waals surface area (Å²) < 4.78 is 0. The number of nitrogens with two attached hydrogens (primary N) is 2. The summed E-state index contributed by atoms with van der Waals surface area (Å²) in [6, 6.07) is 7.44. The summed E-state index contributed by atoms with van der Waals surface area (Å²) >= 11 is 0. The van der Waals surface area contributed by atoms with Gasteiger partial charge >= 0.3 is 0 Å². The molecule has 1 amide bonds. The van der Waals surface area contributed by atoms with E-state index in [-0.39, 0.29) is 23.7 Å². The Morgan fingerprint density at radius 3 is 2.36 bits per heavy atom. The Bertz CT molecular complexity index is 542. The van der Waals surface area contributed by atoms with Crippen LogP contribution in [-0.2, 0) is 16.1 Å². The molecule has 0 aromatic heterocycles. The first kappa shape index (κ1) is 16.0. The maximum Gasteiger partial charge on any atom is 0.227 e. The molecule has 6 heteroatoms. The Morgan fingerprint density at radius 1 is 1.18 bits per heavy atom. The Hall–Kier alpha value is -2.37. The second kappa shape index (κ2) is 7.59. The number of benzene rings is 1. The molecule has 0 aliphatic heterocycles. The van der Waals surface area contributed by atoms with Crippen molar-refractivity contribution in [2.75, 3.05) is 5.32 Å². The summed E-state index contributed by atoms with van der Waals surface area (Å²) in [5.41, 5.74) is 12.3. The summed E-state index contributed by atoms with van der Waals surface area (Å²) in [6.07, 6.45) is 4.16. The van der Waals surface area contributed by atoms with Gasteiger partial charge in [-0.3, -0.25) is 4.79 Å². The van der Waals surface area contributed by atoms with Crippen LogP contribution in [0.25, 0.3) is 0 Å². The highest BCUT2D eigenvalue weighted by molar-refractivity contribution is 5.92. The molecule has 118 valence electrons. The third-order valence-electron chi connectivity index (χ3n) is 4.00. The van der Waals surface area contributed by atoms with Crippen molar-refractivity contribution in [3.63, 3.8) is 0 Å². The fourth-order valence-electron chi connectivity index (χ4n) is 2.64. The minimum absolute atomic E-state index is 0.00230. The van der Waals surface area contributed by atoms with Gasteiger partial charge in [0, 0.05) is 17.5 Å². The number of rotatable bonds is 5. The lowest BCUT2D eigenvalue weighted by Gasteiger charge is -2.24. The number of carbonyl (C=O) groups is 2. The van der Waals surface area contributed by atoms with E-state index in [0.717, 1.165) is 43.2 Å². The lowest BCUT2D eigenvalue weighted by molar-refractivity contribution is -0.122. The molecule has 0 unspecified atom stereocenters. The fraction of sp³-hybridized carbons (Fsp3) is 0.438. The zero-order valence-corrected chi connectivity index (χ0v) is 12.5. The first-order valence-electron chi connectivity index (χ1n) is 7.49. The van der Waals surface area contributed by atoms with E-state index in [1.807, 2.05) is 24.3 Å². The highest BCUT2D eigenvalue weighted by Gasteiger charge is 2.25. The average molecular weight is 302 g/mol. The molecule has 0 atom stereocenters. The largest absolute Gasteiger partial charge is 0.370 e. The van der Waals surface area contributed by atoms with E-state index < -0.39 is 0 Å². The summed E-state index contributed by atoms with van der Waals surface area (Å²) in [5.74, 6) is 0.209. The number of carbonyl (C=O) groups excluding carboxylic acids is 2. The number of aldehydes is 1. The number of amides is 1. The van der Waals surface area contributed by atoms with Gasteiger partial charge in [0.25, 0.3) is 0 Å². The number of hydrogen-bond acceptors (Lipinski definition) is 3. The quantitative estimate of drug-likeness (QED) is 0.434. The van der Waals surface area contributed by atoms with Crippen LogP contribution in [-0.4, -0.2) is 18.2 Å². The van der Waals surface area contributed by atoms with Crippen molar-refractivity contribution in [2.45, 2.75) is 32.2 Å². The second-order valence-corrected chi connectivity index (χ2v) is 5.68. The van der Waals surface area contributed by atoms with Crippen LogP contribution in [0.5, 0.6) is 0 Å². The van der Waals surface area contributed by atoms with Gasteiger partial charge in [-0.1, -0.05) is 12.1 Å². The summed E-state index contributed by atoms with van der Waals surface area (Å²) in [7, 11) is 0. The molecule has 1 aromatic carbocycles. The molecule has 0 saturated heterocycles. The van der Waals surface area contributed by atoms with E-state index >= 15 is 0 Å². The number of guanidine groups is 1. The smallest absolute Gasteiger partial charge is 0.227 e. The van der Waals surface area contributed by atoms with Gasteiger partial charge in [-0.25, -0.2) is 4.99 Å². The summed E-state index contributed by atoms with van der Waals surface area (Å²) in [5, 5.41) is 2.92. The van der Waals surface area contributed by atoms with Gasteiger partial charge in [0.1, 0.15) is 6.29 Å². The monoisotopic (exact) mass is 302 g/mol. The molecule has 0 radical (unpaired) electrons. The second-order valence-electron chi connectivity index (χ2n) is 5.68. The molecule has 1 fully saturated rings. The predicted octanol–water partition coefficient (Wildman–Crippen LogP) is 1.40. The van der Waals surface area contributed by atoms with Gasteiger partial charge in [-0.2, -0.15) is 0 Å². The van der Waals surface area contributed by atoms with Crippen LogP contribution in [0.15, 0.2) is 29.3 Å². The molecule has 0 heterocycles. The van der Waals surface area contributed by atoms with E-state index in [9.17, 15) is 9.59 Å². The Labute approximate surface area is 130 Å². The Morgan fingerprint density at radius 2 is 1.82 bits per heavy atom. The highest BCUT2D eigenvalue weighted by Crippen LogP contribution is 2.28. The van der Waals surface area contributed by atoms with Crippen LogP contribution >= 0.6 is 0 Å². The van der Waals surface area contributed by atoms with E-state index in [4.69, 9.17) is 11.5 Å². The molecule has 1 aromatic rings. The van der Waals surface area contributed by atoms with Crippen molar-refractivity contribution in [1.82, 2.24) is 0 Å². The molecular weight excluding hydrogens is 280 g/mol. The maximum absolute atomic E-state index is 12.2. The van der Waals surface area contributed by atoms with Crippen LogP contribution in [0, 0.1) is 11.8 Å². The number of nitrogens with zero attached hydrogens (tertiary/aromatic N) is 1. The van der Waals surface area contributed by atoms with Crippen LogP contribution in [0.1, 0.15) is 31.2 Å². The van der Waals surface area contributed by atoms with Gasteiger partial charge in [0.15, 0.2) is 5.96 Å². The predicted molar refractivity (Wildman–Crippen MR) is 86.1 cm³/mol. The van der Waals surface area contributed by atoms with Gasteiger partial charge in [-0.15, -0.1) is 0 Å². The van der Waals surface area contributed by atoms with Crippen molar-refractivity contribution < 1.29 is 9.59 Å². The van der Waals surface area contributed by atoms with E-state index in [2.05, 4.69) is 10.3 Å².